The van der Waals surface area contributed by atoms with Crippen molar-refractivity contribution >= 4 is 23.4 Å². The van der Waals surface area contributed by atoms with E-state index in [2.05, 4.69) is 23.8 Å². The van der Waals surface area contributed by atoms with Gasteiger partial charge in [0.15, 0.2) is 6.61 Å². The molecule has 2 N–H and O–H groups in total. The van der Waals surface area contributed by atoms with E-state index in [4.69, 9.17) is 16.3 Å². The maximum Gasteiger partial charge on any atom is 0.262 e. The fourth-order valence-corrected chi connectivity index (χ4v) is 2.04. The first-order valence-electron chi connectivity index (χ1n) is 8.35. The van der Waals surface area contributed by atoms with Gasteiger partial charge in [0.25, 0.3) is 18.2 Å². The van der Waals surface area contributed by atoms with Crippen LogP contribution in [0.15, 0.2) is 66.9 Å². The van der Waals surface area contributed by atoms with Crippen molar-refractivity contribution in [2.24, 2.45) is 0 Å². The zero-order chi connectivity index (χ0) is 21.8. The van der Waals surface area contributed by atoms with Gasteiger partial charge in [-0.1, -0.05) is 36.9 Å². The van der Waals surface area contributed by atoms with Crippen LogP contribution in [0.4, 0.5) is 13.2 Å². The van der Waals surface area contributed by atoms with E-state index >= 15 is 0 Å². The van der Waals surface area contributed by atoms with Crippen molar-refractivity contribution in [2.45, 2.75) is 12.8 Å². The summed E-state index contributed by atoms with van der Waals surface area (Å²) in [6.45, 7) is 6.88. The molecule has 0 aromatic heterocycles. The molecule has 2 amide bonds. The number of ether oxygens (including phenoxy) is 1. The van der Waals surface area contributed by atoms with E-state index in [1.807, 2.05) is 0 Å². The molecule has 0 bridgehead atoms. The van der Waals surface area contributed by atoms with E-state index < -0.39 is 24.1 Å². The van der Waals surface area contributed by atoms with Crippen LogP contribution in [0.1, 0.15) is 6.42 Å². The largest absolute Gasteiger partial charge is 0.484 e. The molecule has 0 spiro atoms. The van der Waals surface area contributed by atoms with E-state index in [0.717, 1.165) is 12.1 Å². The van der Waals surface area contributed by atoms with E-state index in [1.165, 1.54) is 24.3 Å². The second-order valence-electron chi connectivity index (χ2n) is 5.57. The minimum Gasteiger partial charge on any atom is -0.484 e. The van der Waals surface area contributed by atoms with Crippen molar-refractivity contribution in [1.29, 1.82) is 0 Å². The highest BCUT2D eigenvalue weighted by Gasteiger charge is 2.08. The highest BCUT2D eigenvalue weighted by atomic mass is 35.5. The third-order valence-electron chi connectivity index (χ3n) is 3.30. The van der Waals surface area contributed by atoms with Gasteiger partial charge in [0.1, 0.15) is 11.6 Å². The minimum absolute atomic E-state index is 0.0586. The van der Waals surface area contributed by atoms with Gasteiger partial charge in [-0.2, -0.15) is 0 Å². The molecular weight excluding hydrogens is 409 g/mol. The predicted octanol–water partition coefficient (Wildman–Crippen LogP) is 3.93. The lowest BCUT2D eigenvalue weighted by molar-refractivity contribution is -0.122. The summed E-state index contributed by atoms with van der Waals surface area (Å²) in [6, 6.07) is 3.78. The summed E-state index contributed by atoms with van der Waals surface area (Å²) in [5.74, 6) is -1.54. The summed E-state index contributed by atoms with van der Waals surface area (Å²) in [6.07, 6.45) is 1.75. The number of alkyl halides is 2. The number of carbonyl (C=O) groups is 2. The van der Waals surface area contributed by atoms with Crippen LogP contribution in [-0.2, 0) is 9.59 Å². The molecule has 0 unspecified atom stereocenters. The summed E-state index contributed by atoms with van der Waals surface area (Å²) in [7, 11) is 0. The van der Waals surface area contributed by atoms with Crippen molar-refractivity contribution in [1.82, 2.24) is 10.6 Å². The van der Waals surface area contributed by atoms with Crippen molar-refractivity contribution in [3.8, 4) is 5.75 Å². The average molecular weight is 429 g/mol. The lowest BCUT2D eigenvalue weighted by Gasteiger charge is -2.11. The molecule has 1 aromatic rings. The summed E-state index contributed by atoms with van der Waals surface area (Å²) >= 11 is 5.56. The zero-order valence-corrected chi connectivity index (χ0v) is 16.1. The number of halogens is 4. The quantitative estimate of drug-likeness (QED) is 0.414. The molecule has 0 fully saturated rings. The van der Waals surface area contributed by atoms with Gasteiger partial charge in [-0.25, -0.2) is 13.2 Å². The lowest BCUT2D eigenvalue weighted by Crippen LogP contribution is -2.31. The fraction of sp³-hybridized carbons (Fsp3) is 0.200. The molecule has 0 heterocycles. The standard InChI is InChI=1S/C20H20ClF3N2O3/c1-3-14(5-4-6-18(23)24)20(28)25-10-9-13(2)26-19(27)12-29-15-7-8-16(21)17(22)11-15/h3-8,11,18H,1-2,9-10,12H2,(H,25,28)(H,26,27)/b6-4+,14-5+. The molecule has 0 aliphatic heterocycles. The molecule has 1 aromatic carbocycles. The zero-order valence-electron chi connectivity index (χ0n) is 15.4. The Morgan fingerprint density at radius 3 is 2.66 bits per heavy atom. The molecule has 5 nitrogen and oxygen atoms in total. The van der Waals surface area contributed by atoms with E-state index in [9.17, 15) is 22.8 Å². The van der Waals surface area contributed by atoms with Gasteiger partial charge in [0, 0.05) is 30.3 Å². The summed E-state index contributed by atoms with van der Waals surface area (Å²) in [4.78, 5) is 23.7. The molecule has 0 saturated heterocycles. The number of allylic oxidation sites excluding steroid dienone is 3. The number of rotatable bonds is 11. The molecule has 1 rings (SSSR count). The summed E-state index contributed by atoms with van der Waals surface area (Å²) < 4.78 is 42.6. The van der Waals surface area contributed by atoms with Crippen LogP contribution in [0.3, 0.4) is 0 Å². The molecular formula is C20H20ClF3N2O3. The molecule has 0 saturated carbocycles. The van der Waals surface area contributed by atoms with E-state index in [0.29, 0.717) is 11.8 Å². The molecule has 0 atom stereocenters. The first-order valence-corrected chi connectivity index (χ1v) is 8.73. The minimum atomic E-state index is -2.62. The number of amides is 2. The van der Waals surface area contributed by atoms with Gasteiger partial charge in [0.2, 0.25) is 0 Å². The Bertz CT molecular complexity index is 823. The van der Waals surface area contributed by atoms with Gasteiger partial charge in [-0.3, -0.25) is 9.59 Å². The number of benzene rings is 1. The number of carbonyl (C=O) groups excluding carboxylic acids is 2. The Kier molecular flexibility index (Phi) is 10.3. The Balaban J connectivity index is 2.36. The van der Waals surface area contributed by atoms with Crippen molar-refractivity contribution < 1.29 is 27.5 Å². The normalized spacial score (nSPS) is 11.4. The Hall–Kier alpha value is -3.00. The van der Waals surface area contributed by atoms with Crippen molar-refractivity contribution in [3.05, 3.63) is 77.8 Å². The lowest BCUT2D eigenvalue weighted by atomic mass is 10.2. The molecule has 29 heavy (non-hydrogen) atoms. The fourth-order valence-electron chi connectivity index (χ4n) is 1.92. The molecule has 0 aliphatic carbocycles. The molecule has 0 radical (unpaired) electrons. The van der Waals surface area contributed by atoms with Crippen LogP contribution in [-0.4, -0.2) is 31.4 Å². The maximum absolute atomic E-state index is 13.3. The van der Waals surface area contributed by atoms with Gasteiger partial charge in [-0.15, -0.1) is 0 Å². The van der Waals surface area contributed by atoms with Crippen LogP contribution in [0.25, 0.3) is 0 Å². The third-order valence-corrected chi connectivity index (χ3v) is 3.61. The molecule has 156 valence electrons. The van der Waals surface area contributed by atoms with Crippen molar-refractivity contribution in [3.63, 3.8) is 0 Å². The number of nitrogens with one attached hydrogen (secondary N) is 2. The van der Waals surface area contributed by atoms with Gasteiger partial charge in [0.05, 0.1) is 5.02 Å². The van der Waals surface area contributed by atoms with Crippen LogP contribution in [0.5, 0.6) is 5.75 Å². The first kappa shape index (κ1) is 24.0. The Morgan fingerprint density at radius 2 is 2.03 bits per heavy atom. The summed E-state index contributed by atoms with van der Waals surface area (Å²) in [5.41, 5.74) is 0.433. The monoisotopic (exact) mass is 428 g/mol. The maximum atomic E-state index is 13.3. The second-order valence-corrected chi connectivity index (χ2v) is 5.97. The first-order chi connectivity index (χ1) is 13.7. The van der Waals surface area contributed by atoms with E-state index in [1.54, 1.807) is 0 Å². The Labute approximate surface area is 171 Å². The molecule has 9 heteroatoms. The van der Waals surface area contributed by atoms with Gasteiger partial charge >= 0.3 is 0 Å². The second kappa shape index (κ2) is 12.5. The SMILES string of the molecule is C=C/C(=C\C=C\C(F)F)C(=O)NCCC(=C)NC(=O)COc1ccc(Cl)c(F)c1. The average Bonchev–Trinajstić information content (AvgIpc) is 2.65. The van der Waals surface area contributed by atoms with Crippen LogP contribution >= 0.6 is 11.6 Å². The topological polar surface area (TPSA) is 67.4 Å². The Morgan fingerprint density at radius 1 is 1.31 bits per heavy atom. The van der Waals surface area contributed by atoms with Crippen LogP contribution in [0.2, 0.25) is 5.02 Å². The summed E-state index contributed by atoms with van der Waals surface area (Å²) in [5, 5.41) is 4.97. The number of hydrogen-bond donors (Lipinski definition) is 2. The van der Waals surface area contributed by atoms with Crippen LogP contribution in [0, 0.1) is 5.82 Å². The van der Waals surface area contributed by atoms with Gasteiger partial charge in [-0.05, 0) is 24.3 Å². The van der Waals surface area contributed by atoms with Crippen LogP contribution < -0.4 is 15.4 Å². The molecule has 0 aliphatic rings. The predicted molar refractivity (Wildman–Crippen MR) is 105 cm³/mol. The third kappa shape index (κ3) is 9.66. The van der Waals surface area contributed by atoms with Crippen molar-refractivity contribution in [2.75, 3.05) is 13.2 Å². The number of hydrogen-bond acceptors (Lipinski definition) is 3. The van der Waals surface area contributed by atoms with E-state index in [-0.39, 0.29) is 35.9 Å². The smallest absolute Gasteiger partial charge is 0.262 e. The van der Waals surface area contributed by atoms with Gasteiger partial charge < -0.3 is 15.4 Å². The highest BCUT2D eigenvalue weighted by molar-refractivity contribution is 6.30. The highest BCUT2D eigenvalue weighted by Crippen LogP contribution is 2.20.